The molecule has 0 spiro atoms. The molecule has 0 bridgehead atoms. The molecule has 2 heterocycles. The molecule has 122 valence electrons. The number of nitrogens with one attached hydrogen (secondary N) is 2. The van der Waals surface area contributed by atoms with E-state index in [0.29, 0.717) is 6.54 Å². The van der Waals surface area contributed by atoms with Gasteiger partial charge < -0.3 is 20.4 Å². The van der Waals surface area contributed by atoms with Crippen LogP contribution in [0.5, 0.6) is 0 Å². The van der Waals surface area contributed by atoms with E-state index in [-0.39, 0.29) is 12.1 Å². The predicted octanol–water partition coefficient (Wildman–Crippen LogP) is 1.49. The minimum Gasteiger partial charge on any atom is -0.354 e. The van der Waals surface area contributed by atoms with Crippen molar-refractivity contribution in [2.24, 2.45) is 5.92 Å². The van der Waals surface area contributed by atoms with Crippen molar-refractivity contribution in [1.29, 1.82) is 0 Å². The van der Waals surface area contributed by atoms with Gasteiger partial charge in [0.1, 0.15) is 0 Å². The highest BCUT2D eigenvalue weighted by Gasteiger charge is 2.29. The van der Waals surface area contributed by atoms with E-state index in [1.807, 2.05) is 24.4 Å². The van der Waals surface area contributed by atoms with E-state index in [4.69, 9.17) is 0 Å². The number of carbonyl (C=O) groups excluding carboxylic acids is 1. The summed E-state index contributed by atoms with van der Waals surface area (Å²) in [7, 11) is 3.94. The third-order valence-corrected chi connectivity index (χ3v) is 5.23. The van der Waals surface area contributed by atoms with Gasteiger partial charge in [-0.3, -0.25) is 0 Å². The van der Waals surface area contributed by atoms with E-state index in [1.165, 1.54) is 19.4 Å². The van der Waals surface area contributed by atoms with Gasteiger partial charge in [-0.15, -0.1) is 11.3 Å². The molecular formula is C15H25N5OS. The number of thiazole rings is 1. The van der Waals surface area contributed by atoms with Gasteiger partial charge in [0.2, 0.25) is 0 Å². The van der Waals surface area contributed by atoms with E-state index in [1.54, 1.807) is 11.3 Å². The molecule has 1 aromatic rings. The van der Waals surface area contributed by atoms with Gasteiger partial charge in [-0.1, -0.05) is 0 Å². The maximum Gasteiger partial charge on any atom is 0.315 e. The number of hydrogen-bond donors (Lipinski definition) is 2. The minimum atomic E-state index is -0.0855. The average Bonchev–Trinajstić information content (AvgIpc) is 2.99. The number of amides is 2. The maximum absolute atomic E-state index is 12.0. The largest absolute Gasteiger partial charge is 0.354 e. The second-order valence-electron chi connectivity index (χ2n) is 6.53. The molecule has 1 saturated heterocycles. The molecule has 0 radical (unpaired) electrons. The fourth-order valence-electron chi connectivity index (χ4n) is 2.77. The van der Waals surface area contributed by atoms with Crippen LogP contribution in [0, 0.1) is 5.92 Å². The summed E-state index contributed by atoms with van der Waals surface area (Å²) in [5.74, 6) is 0.920. The first-order chi connectivity index (χ1) is 10.6. The number of carbonyl (C=O) groups is 1. The average molecular weight is 323 g/mol. The summed E-state index contributed by atoms with van der Waals surface area (Å²) in [6, 6.07) is 0.198. The summed E-state index contributed by atoms with van der Waals surface area (Å²) in [5, 5.41) is 8.93. The Morgan fingerprint density at radius 1 is 1.45 bits per heavy atom. The van der Waals surface area contributed by atoms with Crippen LogP contribution >= 0.6 is 11.3 Å². The molecule has 1 aliphatic carbocycles. The SMILES string of the molecule is CN(C)c1nc(CNC(=O)NC2CCN(CC3CC3)C2)cs1. The maximum atomic E-state index is 12.0. The molecule has 1 unspecified atom stereocenters. The first-order valence-corrected chi connectivity index (χ1v) is 8.86. The van der Waals surface area contributed by atoms with Crippen LogP contribution in [0.2, 0.25) is 0 Å². The summed E-state index contributed by atoms with van der Waals surface area (Å²) >= 11 is 1.59. The summed E-state index contributed by atoms with van der Waals surface area (Å²) in [5.41, 5.74) is 0.908. The monoisotopic (exact) mass is 323 g/mol. The molecule has 7 heteroatoms. The highest BCUT2D eigenvalue weighted by Crippen LogP contribution is 2.30. The quantitative estimate of drug-likeness (QED) is 0.833. The van der Waals surface area contributed by atoms with E-state index < -0.39 is 0 Å². The lowest BCUT2D eigenvalue weighted by Gasteiger charge is -2.16. The normalized spacial score (nSPS) is 21.8. The third-order valence-electron chi connectivity index (χ3n) is 4.17. The lowest BCUT2D eigenvalue weighted by Crippen LogP contribution is -2.43. The third kappa shape index (κ3) is 4.33. The first-order valence-electron chi connectivity index (χ1n) is 7.98. The summed E-state index contributed by atoms with van der Waals surface area (Å²) < 4.78 is 0. The van der Waals surface area contributed by atoms with Crippen molar-refractivity contribution in [1.82, 2.24) is 20.5 Å². The van der Waals surface area contributed by atoms with E-state index in [9.17, 15) is 4.79 Å². The molecule has 1 aliphatic heterocycles. The van der Waals surface area contributed by atoms with Crippen molar-refractivity contribution < 1.29 is 4.79 Å². The van der Waals surface area contributed by atoms with Gasteiger partial charge >= 0.3 is 6.03 Å². The number of hydrogen-bond acceptors (Lipinski definition) is 5. The fraction of sp³-hybridized carbons (Fsp3) is 0.733. The van der Waals surface area contributed by atoms with Crippen LogP contribution in [-0.4, -0.2) is 55.7 Å². The Morgan fingerprint density at radius 3 is 2.95 bits per heavy atom. The number of nitrogens with zero attached hydrogens (tertiary/aromatic N) is 3. The van der Waals surface area contributed by atoms with Gasteiger partial charge in [0.15, 0.2) is 5.13 Å². The van der Waals surface area contributed by atoms with E-state index in [2.05, 4.69) is 20.5 Å². The molecular weight excluding hydrogens is 298 g/mol. The molecule has 1 aromatic heterocycles. The van der Waals surface area contributed by atoms with E-state index >= 15 is 0 Å². The van der Waals surface area contributed by atoms with Crippen LogP contribution < -0.4 is 15.5 Å². The zero-order chi connectivity index (χ0) is 15.5. The number of anilines is 1. The number of rotatable bonds is 6. The van der Waals surface area contributed by atoms with Crippen LogP contribution in [-0.2, 0) is 6.54 Å². The lowest BCUT2D eigenvalue weighted by atomic mass is 10.3. The number of urea groups is 1. The molecule has 1 saturated carbocycles. The molecule has 3 rings (SSSR count). The minimum absolute atomic E-state index is 0.0855. The Bertz CT molecular complexity index is 514. The zero-order valence-corrected chi connectivity index (χ0v) is 14.2. The molecule has 1 atom stereocenters. The van der Waals surface area contributed by atoms with Gasteiger partial charge in [-0.2, -0.15) is 0 Å². The smallest absolute Gasteiger partial charge is 0.315 e. The number of aromatic nitrogens is 1. The van der Waals surface area contributed by atoms with Gasteiger partial charge in [0.25, 0.3) is 0 Å². The second-order valence-corrected chi connectivity index (χ2v) is 7.37. The highest BCUT2D eigenvalue weighted by atomic mass is 32.1. The van der Waals surface area contributed by atoms with Crippen molar-refractivity contribution in [2.75, 3.05) is 38.6 Å². The van der Waals surface area contributed by atoms with Crippen molar-refractivity contribution in [3.05, 3.63) is 11.1 Å². The van der Waals surface area contributed by atoms with Crippen molar-refractivity contribution in [2.45, 2.75) is 31.8 Å². The van der Waals surface area contributed by atoms with Crippen molar-refractivity contribution in [3.8, 4) is 0 Å². The Kier molecular flexibility index (Phi) is 4.83. The van der Waals surface area contributed by atoms with E-state index in [0.717, 1.165) is 36.3 Å². The van der Waals surface area contributed by atoms with Gasteiger partial charge in [-0.05, 0) is 25.2 Å². The fourth-order valence-corrected chi connectivity index (χ4v) is 3.53. The summed E-state index contributed by atoms with van der Waals surface area (Å²) in [4.78, 5) is 20.9. The van der Waals surface area contributed by atoms with Crippen LogP contribution in [0.3, 0.4) is 0 Å². The Balaban J connectivity index is 1.37. The summed E-state index contributed by atoms with van der Waals surface area (Å²) in [6.45, 7) is 3.80. The molecule has 22 heavy (non-hydrogen) atoms. The topological polar surface area (TPSA) is 60.5 Å². The van der Waals surface area contributed by atoms with Crippen LogP contribution in [0.4, 0.5) is 9.93 Å². The Labute approximate surface area is 135 Å². The first kappa shape index (κ1) is 15.6. The van der Waals surface area contributed by atoms with Crippen molar-refractivity contribution >= 4 is 22.5 Å². The molecule has 2 fully saturated rings. The lowest BCUT2D eigenvalue weighted by molar-refractivity contribution is 0.235. The van der Waals surface area contributed by atoms with Gasteiger partial charge in [0.05, 0.1) is 12.2 Å². The molecule has 6 nitrogen and oxygen atoms in total. The highest BCUT2D eigenvalue weighted by molar-refractivity contribution is 7.13. The van der Waals surface area contributed by atoms with Crippen LogP contribution in [0.15, 0.2) is 5.38 Å². The second kappa shape index (κ2) is 6.83. The molecule has 2 N–H and O–H groups in total. The van der Waals surface area contributed by atoms with Crippen LogP contribution in [0.1, 0.15) is 25.0 Å². The predicted molar refractivity (Wildman–Crippen MR) is 89.4 cm³/mol. The van der Waals surface area contributed by atoms with Crippen molar-refractivity contribution in [3.63, 3.8) is 0 Å². The molecule has 0 aromatic carbocycles. The summed E-state index contributed by atoms with van der Waals surface area (Å²) in [6.07, 6.45) is 3.83. The van der Waals surface area contributed by atoms with Gasteiger partial charge in [-0.25, -0.2) is 9.78 Å². The Morgan fingerprint density at radius 2 is 2.27 bits per heavy atom. The van der Waals surface area contributed by atoms with Crippen LogP contribution in [0.25, 0.3) is 0 Å². The standard InChI is InChI=1S/C15H25N5OS/c1-19(2)15-18-13(10-22-15)7-16-14(21)17-12-5-6-20(9-12)8-11-3-4-11/h10-12H,3-9H2,1-2H3,(H2,16,17,21). The molecule has 2 aliphatic rings. The Hall–Kier alpha value is -1.34. The van der Waals surface area contributed by atoms with Gasteiger partial charge in [0, 0.05) is 45.2 Å². The molecule has 2 amide bonds. The zero-order valence-electron chi connectivity index (χ0n) is 13.3. The number of likely N-dealkylation sites (tertiary alicyclic amines) is 1.